The minimum atomic E-state index is -0.637. The summed E-state index contributed by atoms with van der Waals surface area (Å²) in [6, 6.07) is 26.1. The number of rotatable bonds is 13. The molecule has 0 unspecified atom stereocenters. The predicted molar refractivity (Wildman–Crippen MR) is 163 cm³/mol. The summed E-state index contributed by atoms with van der Waals surface area (Å²) in [6.07, 6.45) is 3.14. The van der Waals surface area contributed by atoms with Crippen molar-refractivity contribution in [1.82, 2.24) is 14.8 Å². The first-order chi connectivity index (χ1) is 21.9. The number of amides is 1. The average molecular weight is 607 g/mol. The van der Waals surface area contributed by atoms with E-state index in [0.29, 0.717) is 46.9 Å². The number of carbonyl (C=O) groups excluding carboxylic acids is 1. The second-order valence-electron chi connectivity index (χ2n) is 10.0. The van der Waals surface area contributed by atoms with Crippen molar-refractivity contribution in [3.05, 3.63) is 126 Å². The zero-order valence-electron chi connectivity index (χ0n) is 24.6. The first-order valence-electron chi connectivity index (χ1n) is 14.1. The second kappa shape index (κ2) is 13.1. The van der Waals surface area contributed by atoms with Crippen LogP contribution in [0.4, 0.5) is 0 Å². The molecule has 0 aliphatic rings. The average Bonchev–Trinajstić information content (AvgIpc) is 3.81. The van der Waals surface area contributed by atoms with Gasteiger partial charge in [-0.3, -0.25) is 9.48 Å². The van der Waals surface area contributed by atoms with Gasteiger partial charge in [-0.25, -0.2) is 4.98 Å². The van der Waals surface area contributed by atoms with Crippen LogP contribution in [-0.2, 0) is 19.8 Å². The van der Waals surface area contributed by atoms with Gasteiger partial charge >= 0.3 is 0 Å². The monoisotopic (exact) mass is 606 g/mol. The normalized spacial score (nSPS) is 10.9. The largest absolute Gasteiger partial charge is 0.493 e. The Labute approximate surface area is 258 Å². The Balaban J connectivity index is 1.08. The molecule has 0 spiro atoms. The van der Waals surface area contributed by atoms with Crippen LogP contribution in [0, 0.1) is 6.92 Å². The molecule has 1 amide bonds. The molecule has 0 fully saturated rings. The van der Waals surface area contributed by atoms with Gasteiger partial charge in [0, 0.05) is 6.20 Å². The summed E-state index contributed by atoms with van der Waals surface area (Å²) >= 11 is 0. The summed E-state index contributed by atoms with van der Waals surface area (Å²) in [5.74, 6) is 3.55. The van der Waals surface area contributed by atoms with Crippen molar-refractivity contribution in [1.29, 1.82) is 0 Å². The highest BCUT2D eigenvalue weighted by atomic mass is 16.5. The van der Waals surface area contributed by atoms with Gasteiger partial charge in [-0.2, -0.15) is 0 Å². The van der Waals surface area contributed by atoms with Gasteiger partial charge in [0.15, 0.2) is 17.3 Å². The maximum Gasteiger partial charge on any atom is 0.263 e. The topological polar surface area (TPSA) is 137 Å². The number of benzene rings is 3. The van der Waals surface area contributed by atoms with E-state index in [-0.39, 0.29) is 24.7 Å². The number of hydrogen-bond donors (Lipinski definition) is 1. The molecule has 0 saturated carbocycles. The number of hydrogen-bond acceptors (Lipinski definition) is 9. The molecule has 0 bridgehead atoms. The van der Waals surface area contributed by atoms with E-state index in [1.54, 1.807) is 48.5 Å². The van der Waals surface area contributed by atoms with Crippen molar-refractivity contribution in [3.63, 3.8) is 0 Å². The van der Waals surface area contributed by atoms with Crippen molar-refractivity contribution < 1.29 is 32.6 Å². The van der Waals surface area contributed by atoms with Gasteiger partial charge in [0.25, 0.3) is 11.8 Å². The molecule has 0 aliphatic heterocycles. The van der Waals surface area contributed by atoms with E-state index < -0.39 is 5.91 Å². The number of methoxy groups -OCH3 is 1. The molecule has 0 radical (unpaired) electrons. The molecular weight excluding hydrogens is 576 g/mol. The maximum absolute atomic E-state index is 12.2. The van der Waals surface area contributed by atoms with Gasteiger partial charge in [-0.1, -0.05) is 36.4 Å². The third-order valence-corrected chi connectivity index (χ3v) is 6.83. The Kier molecular flexibility index (Phi) is 8.49. The molecule has 6 rings (SSSR count). The molecule has 0 aliphatic carbocycles. The highest BCUT2D eigenvalue weighted by molar-refractivity contribution is 5.94. The van der Waals surface area contributed by atoms with Crippen LogP contribution < -0.4 is 24.7 Å². The van der Waals surface area contributed by atoms with Gasteiger partial charge in [0.2, 0.25) is 5.88 Å². The molecule has 3 aromatic heterocycles. The van der Waals surface area contributed by atoms with E-state index in [4.69, 9.17) is 33.5 Å². The Morgan fingerprint density at radius 3 is 2.40 bits per heavy atom. The van der Waals surface area contributed by atoms with Gasteiger partial charge in [0.1, 0.15) is 41.7 Å². The zero-order chi connectivity index (χ0) is 31.2. The number of nitrogens with two attached hydrogens (primary N) is 1. The second-order valence-corrected chi connectivity index (χ2v) is 10.0. The SMILES string of the molecule is COc1cc(COc2nn(Cc3ccc(Oc4ccccc4)cc3)cc2C(N)=O)ccc1OCc1nc(-c2ccco2)oc1C. The van der Waals surface area contributed by atoms with Gasteiger partial charge in [0.05, 0.1) is 19.9 Å². The van der Waals surface area contributed by atoms with Crippen LogP contribution in [0.25, 0.3) is 11.7 Å². The summed E-state index contributed by atoms with van der Waals surface area (Å²) in [6.45, 7) is 2.51. The minimum Gasteiger partial charge on any atom is -0.493 e. The molecule has 6 aromatic rings. The lowest BCUT2D eigenvalue weighted by molar-refractivity contribution is 0.0995. The molecule has 45 heavy (non-hydrogen) atoms. The number of furan rings is 1. The van der Waals surface area contributed by atoms with Gasteiger partial charge in [-0.05, 0) is 66.6 Å². The summed E-state index contributed by atoms with van der Waals surface area (Å²) in [7, 11) is 1.55. The van der Waals surface area contributed by atoms with Gasteiger partial charge in [-0.15, -0.1) is 5.10 Å². The molecule has 2 N–H and O–H groups in total. The first kappa shape index (κ1) is 29.1. The van der Waals surface area contributed by atoms with Crippen LogP contribution in [0.15, 0.2) is 106 Å². The van der Waals surface area contributed by atoms with Crippen LogP contribution in [0.3, 0.4) is 0 Å². The molecule has 228 valence electrons. The van der Waals surface area contributed by atoms with Crippen molar-refractivity contribution in [2.24, 2.45) is 5.73 Å². The molecule has 11 nitrogen and oxygen atoms in total. The lowest BCUT2D eigenvalue weighted by atomic mass is 10.2. The quantitative estimate of drug-likeness (QED) is 0.155. The van der Waals surface area contributed by atoms with Gasteiger partial charge < -0.3 is 33.5 Å². The summed E-state index contributed by atoms with van der Waals surface area (Å²) < 4.78 is 36.0. The Bertz CT molecular complexity index is 1880. The number of ether oxygens (including phenoxy) is 4. The van der Waals surface area contributed by atoms with Crippen LogP contribution in [0.2, 0.25) is 0 Å². The summed E-state index contributed by atoms with van der Waals surface area (Å²) in [5.41, 5.74) is 8.18. The van der Waals surface area contributed by atoms with E-state index in [9.17, 15) is 4.79 Å². The third kappa shape index (κ3) is 6.99. The molecule has 0 saturated heterocycles. The number of primary amides is 1. The van der Waals surface area contributed by atoms with Crippen LogP contribution in [-0.4, -0.2) is 27.8 Å². The van der Waals surface area contributed by atoms with E-state index in [0.717, 1.165) is 16.9 Å². The fraction of sp³-hybridized carbons (Fsp3) is 0.147. The zero-order valence-corrected chi connectivity index (χ0v) is 24.6. The molecule has 11 heteroatoms. The Hall–Kier alpha value is -5.97. The summed E-state index contributed by atoms with van der Waals surface area (Å²) in [5, 5.41) is 4.47. The fourth-order valence-electron chi connectivity index (χ4n) is 4.52. The number of para-hydroxylation sites is 1. The number of carbonyl (C=O) groups is 1. The lowest BCUT2D eigenvalue weighted by Crippen LogP contribution is -2.12. The van der Waals surface area contributed by atoms with Crippen molar-refractivity contribution in [2.75, 3.05) is 7.11 Å². The van der Waals surface area contributed by atoms with Crippen LogP contribution in [0.5, 0.6) is 28.9 Å². The molecule has 3 aromatic carbocycles. The van der Waals surface area contributed by atoms with Crippen molar-refractivity contribution >= 4 is 5.91 Å². The first-order valence-corrected chi connectivity index (χ1v) is 14.1. The van der Waals surface area contributed by atoms with E-state index in [1.807, 2.05) is 67.6 Å². The molecule has 3 heterocycles. The maximum atomic E-state index is 12.2. The van der Waals surface area contributed by atoms with Crippen molar-refractivity contribution in [2.45, 2.75) is 26.7 Å². The van der Waals surface area contributed by atoms with E-state index in [1.165, 1.54) is 0 Å². The van der Waals surface area contributed by atoms with Crippen LogP contribution in [0.1, 0.15) is 32.9 Å². The van der Waals surface area contributed by atoms with Crippen molar-refractivity contribution in [3.8, 4) is 40.5 Å². The molecular formula is C34H30N4O7. The Morgan fingerprint density at radius 1 is 0.889 bits per heavy atom. The number of nitrogens with zero attached hydrogens (tertiary/aromatic N) is 3. The fourth-order valence-corrected chi connectivity index (χ4v) is 4.52. The third-order valence-electron chi connectivity index (χ3n) is 6.83. The minimum absolute atomic E-state index is 0.119. The highest BCUT2D eigenvalue weighted by Gasteiger charge is 2.18. The number of aryl methyl sites for hydroxylation is 1. The standard InChI is InChI=1S/C34H30N4O7/c1-22-28(36-34(44-22)30-9-6-16-41-30)21-42-29-15-12-24(17-31(29)40-2)20-43-33-27(32(35)39)19-38(37-33)18-23-10-13-26(14-11-23)45-25-7-4-3-5-8-25/h3-17,19H,18,20-21H2,1-2H3,(H2,35,39). The summed E-state index contributed by atoms with van der Waals surface area (Å²) in [4.78, 5) is 16.6. The molecule has 0 atom stereocenters. The van der Waals surface area contributed by atoms with Crippen LogP contribution >= 0.6 is 0 Å². The smallest absolute Gasteiger partial charge is 0.263 e. The van der Waals surface area contributed by atoms with E-state index in [2.05, 4.69) is 10.1 Å². The Morgan fingerprint density at radius 2 is 1.67 bits per heavy atom. The number of aromatic nitrogens is 3. The predicted octanol–water partition coefficient (Wildman–Crippen LogP) is 6.55. The lowest BCUT2D eigenvalue weighted by Gasteiger charge is -2.12. The van der Waals surface area contributed by atoms with E-state index >= 15 is 0 Å². The number of oxazole rings is 1. The highest BCUT2D eigenvalue weighted by Crippen LogP contribution is 2.31.